The molecule has 6 atom stereocenters. The van der Waals surface area contributed by atoms with Crippen LogP contribution in [0.5, 0.6) is 5.75 Å². The molecular weight excluding hydrogens is 468 g/mol. The fourth-order valence-electron chi connectivity index (χ4n) is 5.98. The van der Waals surface area contributed by atoms with Crippen LogP contribution in [-0.4, -0.2) is 81.6 Å². The number of carboxylic acids is 1. The number of carboxylic acid groups (broad SMARTS) is 1. The first-order valence-corrected chi connectivity index (χ1v) is 12.2. The second kappa shape index (κ2) is 9.17. The molecule has 10 nitrogen and oxygen atoms in total. The maximum atomic E-state index is 12.9. The zero-order chi connectivity index (χ0) is 26.6. The Morgan fingerprint density at radius 1 is 1.28 bits per heavy atom. The standard InChI is InChI=1S/C26H34N2O8/c1-13-6-7-14(2)21-20(13)25-10-11-28(5)16(4)26(25,34)9-8-18(22(25)36-21)35-24(33)15(3)27-19(30)12-17(29)23(31)32/h6-8,15-17,22,29,34H,9-12H2,1-5H3,(H,27,30)(H,31,32)/t15-,16+,17-,22-,25-,26+/m0/s1. The van der Waals surface area contributed by atoms with Crippen molar-refractivity contribution >= 4 is 17.8 Å². The molecule has 196 valence electrons. The van der Waals surface area contributed by atoms with Gasteiger partial charge < -0.3 is 35.0 Å². The maximum absolute atomic E-state index is 12.9. The average Bonchev–Trinajstić information content (AvgIpc) is 3.18. The number of rotatable bonds is 6. The summed E-state index contributed by atoms with van der Waals surface area (Å²) in [6.07, 6.45) is -0.745. The Hall–Kier alpha value is -2.95. The molecule has 1 spiro atoms. The highest BCUT2D eigenvalue weighted by Gasteiger charge is 2.69. The van der Waals surface area contributed by atoms with E-state index in [0.717, 1.165) is 23.2 Å². The number of piperidine rings is 1. The lowest BCUT2D eigenvalue weighted by Crippen LogP contribution is -2.71. The SMILES string of the molecule is Cc1ccc(C)c2c1O[C@H]1C(OC(=O)[C@H](C)NC(=O)C[C@H](O)C(=O)O)=CC[C@@]3(O)[C@@H](C)N(C)CC[C@]213. The largest absolute Gasteiger partial charge is 0.481 e. The lowest BCUT2D eigenvalue weighted by Gasteiger charge is -2.58. The van der Waals surface area contributed by atoms with Crippen LogP contribution in [-0.2, 0) is 24.5 Å². The average molecular weight is 503 g/mol. The summed E-state index contributed by atoms with van der Waals surface area (Å²) >= 11 is 0. The predicted octanol–water partition coefficient (Wildman–Crippen LogP) is 0.928. The zero-order valence-electron chi connectivity index (χ0n) is 21.2. The molecule has 0 unspecified atom stereocenters. The van der Waals surface area contributed by atoms with Gasteiger partial charge in [-0.3, -0.25) is 4.79 Å². The summed E-state index contributed by atoms with van der Waals surface area (Å²) in [6.45, 7) is 8.07. The molecule has 3 aliphatic rings. The molecule has 2 heterocycles. The van der Waals surface area contributed by atoms with Crippen molar-refractivity contribution in [3.05, 3.63) is 40.7 Å². The number of esters is 1. The summed E-state index contributed by atoms with van der Waals surface area (Å²) < 4.78 is 12.2. The van der Waals surface area contributed by atoms with Gasteiger partial charge in [-0.1, -0.05) is 12.1 Å². The number of likely N-dealkylation sites (tertiary alicyclic amines) is 1. The number of benzene rings is 1. The number of aliphatic carboxylic acids is 1. The molecule has 2 aliphatic heterocycles. The number of nitrogens with one attached hydrogen (secondary N) is 1. The third kappa shape index (κ3) is 3.88. The van der Waals surface area contributed by atoms with E-state index in [1.165, 1.54) is 6.92 Å². The topological polar surface area (TPSA) is 146 Å². The van der Waals surface area contributed by atoms with Crippen LogP contribution in [0.2, 0.25) is 0 Å². The van der Waals surface area contributed by atoms with Gasteiger partial charge in [0.2, 0.25) is 5.91 Å². The van der Waals surface area contributed by atoms with Crippen LogP contribution in [0.15, 0.2) is 24.0 Å². The highest BCUT2D eigenvalue weighted by Crippen LogP contribution is 2.61. The number of ether oxygens (including phenoxy) is 2. The number of nitrogens with zero attached hydrogens (tertiary/aromatic N) is 1. The molecule has 1 amide bonds. The number of likely N-dealkylation sites (N-methyl/N-ethyl adjacent to an activating group) is 1. The Morgan fingerprint density at radius 2 is 1.94 bits per heavy atom. The minimum Gasteiger partial charge on any atom is -0.481 e. The molecule has 1 aliphatic carbocycles. The van der Waals surface area contributed by atoms with Gasteiger partial charge >= 0.3 is 11.9 Å². The van der Waals surface area contributed by atoms with Crippen molar-refractivity contribution in [1.82, 2.24) is 10.2 Å². The summed E-state index contributed by atoms with van der Waals surface area (Å²) in [5.41, 5.74) is 0.875. The van der Waals surface area contributed by atoms with Crippen LogP contribution in [0, 0.1) is 13.8 Å². The molecule has 4 N–H and O–H groups in total. The minimum absolute atomic E-state index is 0.185. The zero-order valence-corrected chi connectivity index (χ0v) is 21.2. The first-order valence-electron chi connectivity index (χ1n) is 12.2. The Kier molecular flexibility index (Phi) is 6.65. The van der Waals surface area contributed by atoms with Crippen LogP contribution in [0.25, 0.3) is 0 Å². The van der Waals surface area contributed by atoms with Gasteiger partial charge in [0.05, 0.1) is 17.4 Å². The molecule has 1 fully saturated rings. The van der Waals surface area contributed by atoms with Crippen LogP contribution in [0.1, 0.15) is 49.8 Å². The monoisotopic (exact) mass is 502 g/mol. The Labute approximate surface area is 209 Å². The fourth-order valence-corrected chi connectivity index (χ4v) is 5.98. The lowest BCUT2D eigenvalue weighted by atomic mass is 9.54. The quantitative estimate of drug-likeness (QED) is 0.417. The Bertz CT molecular complexity index is 1130. The van der Waals surface area contributed by atoms with Crippen LogP contribution in [0.4, 0.5) is 0 Å². The number of aliphatic hydroxyl groups is 2. The smallest absolute Gasteiger partial charge is 0.333 e. The maximum Gasteiger partial charge on any atom is 0.333 e. The van der Waals surface area contributed by atoms with Gasteiger partial charge in [-0.15, -0.1) is 0 Å². The first kappa shape index (κ1) is 26.1. The number of fused-ring (bicyclic) bond motifs is 1. The van der Waals surface area contributed by atoms with Crippen molar-refractivity contribution in [3.63, 3.8) is 0 Å². The van der Waals surface area contributed by atoms with E-state index < -0.39 is 53.5 Å². The summed E-state index contributed by atoms with van der Waals surface area (Å²) in [6, 6.07) is 2.71. The van der Waals surface area contributed by atoms with Gasteiger partial charge in [0.1, 0.15) is 17.6 Å². The van der Waals surface area contributed by atoms with Gasteiger partial charge in [-0.25, -0.2) is 9.59 Å². The predicted molar refractivity (Wildman–Crippen MR) is 128 cm³/mol. The normalized spacial score (nSPS) is 30.6. The molecule has 0 aromatic heterocycles. The third-order valence-corrected chi connectivity index (χ3v) is 8.16. The number of hydrogen-bond acceptors (Lipinski definition) is 8. The van der Waals surface area contributed by atoms with Crippen LogP contribution < -0.4 is 10.1 Å². The summed E-state index contributed by atoms with van der Waals surface area (Å²) in [4.78, 5) is 37.9. The molecular formula is C26H34N2O8. The molecule has 0 saturated carbocycles. The molecule has 1 aromatic rings. The number of carbonyl (C=O) groups excluding carboxylic acids is 2. The van der Waals surface area contributed by atoms with E-state index in [1.807, 2.05) is 40.0 Å². The van der Waals surface area contributed by atoms with Crippen molar-refractivity contribution in [2.24, 2.45) is 0 Å². The van der Waals surface area contributed by atoms with E-state index in [4.69, 9.17) is 14.6 Å². The highest BCUT2D eigenvalue weighted by atomic mass is 16.6. The second-order valence-corrected chi connectivity index (χ2v) is 10.3. The van der Waals surface area contributed by atoms with E-state index in [0.29, 0.717) is 12.2 Å². The van der Waals surface area contributed by atoms with Crippen molar-refractivity contribution < 1.29 is 39.2 Å². The van der Waals surface area contributed by atoms with E-state index in [-0.39, 0.29) is 18.2 Å². The molecule has 1 saturated heterocycles. The number of carbonyl (C=O) groups is 3. The van der Waals surface area contributed by atoms with E-state index >= 15 is 0 Å². The van der Waals surface area contributed by atoms with E-state index in [2.05, 4.69) is 10.2 Å². The van der Waals surface area contributed by atoms with Crippen LogP contribution in [0.3, 0.4) is 0 Å². The van der Waals surface area contributed by atoms with E-state index in [9.17, 15) is 24.6 Å². The number of hydrogen-bond donors (Lipinski definition) is 4. The Morgan fingerprint density at radius 3 is 2.61 bits per heavy atom. The lowest BCUT2D eigenvalue weighted by molar-refractivity contribution is -0.163. The third-order valence-electron chi connectivity index (χ3n) is 8.16. The molecule has 0 radical (unpaired) electrons. The fraction of sp³-hybridized carbons (Fsp3) is 0.577. The molecule has 0 bridgehead atoms. The Balaban J connectivity index is 1.64. The van der Waals surface area contributed by atoms with Gasteiger partial charge in [0, 0.05) is 18.0 Å². The van der Waals surface area contributed by atoms with Crippen molar-refractivity contribution in [2.75, 3.05) is 13.6 Å². The van der Waals surface area contributed by atoms with Crippen molar-refractivity contribution in [2.45, 2.75) is 82.3 Å². The number of amides is 1. The van der Waals surface area contributed by atoms with Gasteiger partial charge in [0.25, 0.3) is 0 Å². The van der Waals surface area contributed by atoms with Crippen molar-refractivity contribution in [1.29, 1.82) is 0 Å². The summed E-state index contributed by atoms with van der Waals surface area (Å²) in [5.74, 6) is -2.10. The van der Waals surface area contributed by atoms with Crippen LogP contribution >= 0.6 is 0 Å². The number of aryl methyl sites for hydroxylation is 2. The van der Waals surface area contributed by atoms with Gasteiger partial charge in [-0.2, -0.15) is 0 Å². The summed E-state index contributed by atoms with van der Waals surface area (Å²) in [5, 5.41) is 32.8. The highest BCUT2D eigenvalue weighted by molar-refractivity contribution is 5.87. The first-order chi connectivity index (χ1) is 16.8. The number of aliphatic hydroxyl groups excluding tert-OH is 1. The van der Waals surface area contributed by atoms with Crippen molar-refractivity contribution in [3.8, 4) is 5.75 Å². The molecule has 1 aromatic carbocycles. The molecule has 4 rings (SSSR count). The minimum atomic E-state index is -1.87. The second-order valence-electron chi connectivity index (χ2n) is 10.3. The van der Waals surface area contributed by atoms with Gasteiger partial charge in [0.15, 0.2) is 12.2 Å². The molecule has 36 heavy (non-hydrogen) atoms. The van der Waals surface area contributed by atoms with E-state index in [1.54, 1.807) is 6.08 Å². The van der Waals surface area contributed by atoms with Gasteiger partial charge in [-0.05, 0) is 64.9 Å². The summed E-state index contributed by atoms with van der Waals surface area (Å²) in [7, 11) is 1.98. The molecule has 10 heteroatoms.